The van der Waals surface area contributed by atoms with Crippen LogP contribution in [0.4, 0.5) is 5.82 Å². The summed E-state index contributed by atoms with van der Waals surface area (Å²) in [6, 6.07) is 5.84. The van der Waals surface area contributed by atoms with E-state index in [1.165, 1.54) is 23.8 Å². The highest BCUT2D eigenvalue weighted by molar-refractivity contribution is 7.59. The van der Waals surface area contributed by atoms with Gasteiger partial charge in [-0.05, 0) is 48.9 Å². The fraction of sp³-hybridized carbons (Fsp3) is 0.531. The summed E-state index contributed by atoms with van der Waals surface area (Å²) in [5.41, 5.74) is 3.45. The van der Waals surface area contributed by atoms with Gasteiger partial charge in [0.1, 0.15) is 30.2 Å². The van der Waals surface area contributed by atoms with E-state index in [0.717, 1.165) is 37.1 Å². The van der Waals surface area contributed by atoms with Crippen LogP contribution in [0, 0.1) is 12.3 Å². The van der Waals surface area contributed by atoms with E-state index in [4.69, 9.17) is 9.15 Å². The van der Waals surface area contributed by atoms with Gasteiger partial charge < -0.3 is 29.8 Å². The van der Waals surface area contributed by atoms with Crippen LogP contribution < -0.4 is 15.4 Å². The largest absolute Gasteiger partial charge is 0.485 e. The van der Waals surface area contributed by atoms with Gasteiger partial charge >= 0.3 is 0 Å². The van der Waals surface area contributed by atoms with Gasteiger partial charge in [0.2, 0.25) is 5.91 Å². The molecular formula is C32H45N7O5S. The van der Waals surface area contributed by atoms with E-state index in [0.29, 0.717) is 44.4 Å². The Morgan fingerprint density at radius 2 is 1.96 bits per heavy atom. The third-order valence-corrected chi connectivity index (χ3v) is 8.21. The van der Waals surface area contributed by atoms with Crippen LogP contribution in [-0.4, -0.2) is 86.5 Å². The molecule has 3 N–H and O–H groups in total. The number of amides is 2. The van der Waals surface area contributed by atoms with Crippen molar-refractivity contribution in [2.24, 2.45) is 5.41 Å². The van der Waals surface area contributed by atoms with Crippen molar-refractivity contribution in [2.75, 3.05) is 38.0 Å². The number of anilines is 1. The summed E-state index contributed by atoms with van der Waals surface area (Å²) < 4.78 is 11.2. The summed E-state index contributed by atoms with van der Waals surface area (Å²) in [5, 5.41) is 16.9. The number of aromatic nitrogens is 3. The van der Waals surface area contributed by atoms with Crippen LogP contribution in [0.25, 0.3) is 0 Å². The Morgan fingerprint density at radius 1 is 1.18 bits per heavy atom. The molecule has 1 fully saturated rings. The second kappa shape index (κ2) is 15.1. The van der Waals surface area contributed by atoms with Crippen LogP contribution >= 0.6 is 13.5 Å². The summed E-state index contributed by atoms with van der Waals surface area (Å²) in [5.74, 6) is 1.88. The predicted octanol–water partition coefficient (Wildman–Crippen LogP) is 3.06. The fourth-order valence-electron chi connectivity index (χ4n) is 5.79. The zero-order chi connectivity index (χ0) is 31.3. The number of fused-ring (bicyclic) bond motifs is 1. The molecule has 0 spiro atoms. The maximum atomic E-state index is 12.8. The van der Waals surface area contributed by atoms with Crippen molar-refractivity contribution in [3.05, 3.63) is 65.3 Å². The zero-order valence-corrected chi connectivity index (χ0v) is 27.5. The average Bonchev–Trinajstić information content (AvgIpc) is 3.53. The van der Waals surface area contributed by atoms with Crippen molar-refractivity contribution in [1.82, 2.24) is 30.1 Å². The number of ether oxygens (including phenoxy) is 1. The van der Waals surface area contributed by atoms with E-state index in [2.05, 4.69) is 43.5 Å². The first kappa shape index (κ1) is 34.2. The number of likely N-dealkylation sites (tertiary alicyclic amines) is 1. The molecule has 244 valence electrons. The van der Waals surface area contributed by atoms with E-state index in [1.807, 2.05) is 31.7 Å². The molecule has 4 heterocycles. The molecule has 1 atom stereocenters. The number of aliphatic hydroxyl groups is 1. The molecule has 2 amide bonds. The van der Waals surface area contributed by atoms with Crippen molar-refractivity contribution in [3.8, 4) is 5.75 Å². The third-order valence-electron chi connectivity index (χ3n) is 8.21. The number of hydrogen-bond donors (Lipinski definition) is 3. The van der Waals surface area contributed by atoms with Crippen LogP contribution in [0.3, 0.4) is 0 Å². The Labute approximate surface area is 271 Å². The monoisotopic (exact) mass is 639 g/mol. The van der Waals surface area contributed by atoms with E-state index in [-0.39, 0.29) is 49.0 Å². The van der Waals surface area contributed by atoms with Crippen LogP contribution in [0.5, 0.6) is 5.75 Å². The Morgan fingerprint density at radius 3 is 2.67 bits per heavy atom. The van der Waals surface area contributed by atoms with E-state index >= 15 is 0 Å². The number of oxazole rings is 1. The van der Waals surface area contributed by atoms with Gasteiger partial charge in [0.15, 0.2) is 12.2 Å². The number of piperidine rings is 1. The molecule has 13 heteroatoms. The van der Waals surface area contributed by atoms with Crippen molar-refractivity contribution < 1.29 is 23.8 Å². The molecule has 12 nitrogen and oxygen atoms in total. The second-order valence-electron chi connectivity index (χ2n) is 12.7. The topological polar surface area (TPSA) is 146 Å². The Kier molecular flexibility index (Phi) is 11.5. The van der Waals surface area contributed by atoms with Gasteiger partial charge in [-0.3, -0.25) is 14.5 Å². The minimum absolute atomic E-state index is 0. The van der Waals surface area contributed by atoms with E-state index in [1.54, 1.807) is 12.3 Å². The molecular weight excluding hydrogens is 594 g/mol. The Bertz CT molecular complexity index is 1440. The Balaban J connectivity index is 0.00000461. The van der Waals surface area contributed by atoms with E-state index < -0.39 is 6.10 Å². The lowest BCUT2D eigenvalue weighted by atomic mass is 9.93. The van der Waals surface area contributed by atoms with Gasteiger partial charge in [0.05, 0.1) is 12.3 Å². The van der Waals surface area contributed by atoms with Gasteiger partial charge in [-0.15, -0.1) is 0 Å². The summed E-state index contributed by atoms with van der Waals surface area (Å²) >= 11 is 0. The molecule has 2 aliphatic rings. The number of hydrogen-bond acceptors (Lipinski definition) is 10. The lowest BCUT2D eigenvalue weighted by Gasteiger charge is -2.36. The molecule has 0 unspecified atom stereocenters. The highest BCUT2D eigenvalue weighted by atomic mass is 32.1. The first-order valence-electron chi connectivity index (χ1n) is 15.2. The number of carbonyl (C=O) groups excluding carboxylic acids is 2. The number of rotatable bonds is 10. The van der Waals surface area contributed by atoms with Gasteiger partial charge in [0, 0.05) is 56.8 Å². The van der Waals surface area contributed by atoms with Crippen LogP contribution in [-0.2, 0) is 24.4 Å². The molecule has 0 bridgehead atoms. The molecule has 1 saturated heterocycles. The van der Waals surface area contributed by atoms with Gasteiger partial charge in [-0.25, -0.2) is 15.0 Å². The summed E-state index contributed by atoms with van der Waals surface area (Å²) in [6.07, 6.45) is 6.13. The molecule has 2 aliphatic heterocycles. The molecule has 45 heavy (non-hydrogen) atoms. The quantitative estimate of drug-likeness (QED) is 0.303. The molecule has 5 rings (SSSR count). The minimum atomic E-state index is -0.730. The molecule has 0 radical (unpaired) electrons. The first-order valence-corrected chi connectivity index (χ1v) is 15.2. The highest BCUT2D eigenvalue weighted by Crippen LogP contribution is 2.30. The predicted molar refractivity (Wildman–Crippen MR) is 174 cm³/mol. The van der Waals surface area contributed by atoms with Crippen molar-refractivity contribution in [1.29, 1.82) is 0 Å². The maximum Gasteiger partial charge on any atom is 0.270 e. The van der Waals surface area contributed by atoms with Gasteiger partial charge in [-0.2, -0.15) is 13.5 Å². The molecule has 2 aromatic heterocycles. The maximum absolute atomic E-state index is 12.8. The normalized spacial score (nSPS) is 16.3. The fourth-order valence-corrected chi connectivity index (χ4v) is 5.79. The standard InChI is InChI=1S/C32H43N7O5.H2S/c1-21-26-9-10-38(16-22(26)5-6-28(21)43-18-25-15-33-20-44-25)17-24(40)14-34-30(41)27-13-29(36-19-35-27)37-23-7-11-39(12-8-23)31(42)32(2,3)4;/h5-6,13,15,19-20,23-24,40H,7-12,14,16-18H2,1-4H3,(H,34,41)(H,35,36,37);1H2/t24-;/m0./s1. The number of nitrogens with one attached hydrogen (secondary N) is 2. The smallest absolute Gasteiger partial charge is 0.270 e. The number of β-amino-alcohol motifs (C(OH)–C–C–N with tert-alkyl or cyclic N) is 1. The number of carbonyl (C=O) groups is 2. The number of aliphatic hydroxyl groups excluding tert-OH is 1. The highest BCUT2D eigenvalue weighted by Gasteiger charge is 2.30. The van der Waals surface area contributed by atoms with E-state index in [9.17, 15) is 14.7 Å². The SMILES string of the molecule is Cc1c(OCc2cnco2)ccc2c1CCN(C[C@@H](O)CNC(=O)c1cc(NC3CCN(C(=O)C(C)(C)C)CC3)ncn1)C2.S. The minimum Gasteiger partial charge on any atom is -0.485 e. The summed E-state index contributed by atoms with van der Waals surface area (Å²) in [7, 11) is 0. The molecule has 1 aromatic carbocycles. The first-order chi connectivity index (χ1) is 21.1. The molecule has 3 aromatic rings. The molecule has 0 saturated carbocycles. The average molecular weight is 640 g/mol. The lowest BCUT2D eigenvalue weighted by molar-refractivity contribution is -0.140. The van der Waals surface area contributed by atoms with Gasteiger partial charge in [0.25, 0.3) is 5.91 Å². The lowest BCUT2D eigenvalue weighted by Crippen LogP contribution is -2.46. The third kappa shape index (κ3) is 8.95. The summed E-state index contributed by atoms with van der Waals surface area (Å²) in [4.78, 5) is 41.8. The summed E-state index contributed by atoms with van der Waals surface area (Å²) in [6.45, 7) is 11.7. The van der Waals surface area contributed by atoms with Crippen molar-refractivity contribution in [2.45, 2.75) is 72.3 Å². The van der Waals surface area contributed by atoms with Crippen molar-refractivity contribution >= 4 is 31.1 Å². The van der Waals surface area contributed by atoms with Crippen LogP contribution in [0.15, 0.2) is 41.5 Å². The number of benzene rings is 1. The van der Waals surface area contributed by atoms with Crippen LogP contribution in [0.2, 0.25) is 0 Å². The van der Waals surface area contributed by atoms with Crippen LogP contribution in [0.1, 0.15) is 66.6 Å². The van der Waals surface area contributed by atoms with Gasteiger partial charge in [-0.1, -0.05) is 26.8 Å². The Hall–Kier alpha value is -3.68. The van der Waals surface area contributed by atoms with Crippen molar-refractivity contribution in [3.63, 3.8) is 0 Å². The zero-order valence-electron chi connectivity index (χ0n) is 26.5. The number of nitrogens with zero attached hydrogens (tertiary/aromatic N) is 5. The second-order valence-corrected chi connectivity index (χ2v) is 12.7. The molecule has 0 aliphatic carbocycles.